The second-order valence-electron chi connectivity index (χ2n) is 4.90. The Morgan fingerprint density at radius 3 is 2.71 bits per heavy atom. The first-order chi connectivity index (χ1) is 10.1. The summed E-state index contributed by atoms with van der Waals surface area (Å²) < 4.78 is 14.5. The summed E-state index contributed by atoms with van der Waals surface area (Å²) in [4.78, 5) is 25.5. The Labute approximate surface area is 119 Å². The van der Waals surface area contributed by atoms with Gasteiger partial charge in [0.1, 0.15) is 24.5 Å². The Balaban J connectivity index is 2.02. The van der Waals surface area contributed by atoms with Gasteiger partial charge in [-0.15, -0.1) is 0 Å². The number of carbonyl (C=O) groups is 1. The van der Waals surface area contributed by atoms with Crippen molar-refractivity contribution < 1.29 is 14.3 Å². The number of nitrogens with zero attached hydrogens (tertiary/aromatic N) is 5. The average molecular weight is 291 g/mol. The highest BCUT2D eigenvalue weighted by molar-refractivity contribution is 6.09. The predicted molar refractivity (Wildman–Crippen MR) is 74.6 cm³/mol. The monoisotopic (exact) mass is 291 g/mol. The normalized spacial score (nSPS) is 16.3. The smallest absolute Gasteiger partial charge is 0.352 e. The fourth-order valence-corrected chi connectivity index (χ4v) is 2.41. The molecule has 0 amide bonds. The molecule has 21 heavy (non-hydrogen) atoms. The Morgan fingerprint density at radius 1 is 1.33 bits per heavy atom. The maximum absolute atomic E-state index is 13.2. The van der Waals surface area contributed by atoms with Gasteiger partial charge in [0.05, 0.1) is 0 Å². The summed E-state index contributed by atoms with van der Waals surface area (Å²) in [6.07, 6.45) is 2.85. The van der Waals surface area contributed by atoms with Gasteiger partial charge in [0.25, 0.3) is 0 Å². The van der Waals surface area contributed by atoms with Crippen LogP contribution in [0.25, 0.3) is 16.9 Å². The van der Waals surface area contributed by atoms with E-state index in [0.717, 1.165) is 0 Å². The summed E-state index contributed by atoms with van der Waals surface area (Å²) in [5.74, 6) is -0.545. The molecule has 0 aliphatic carbocycles. The summed E-state index contributed by atoms with van der Waals surface area (Å²) in [6, 6.07) is 0. The van der Waals surface area contributed by atoms with Crippen LogP contribution in [0.1, 0.15) is 12.8 Å². The van der Waals surface area contributed by atoms with Crippen LogP contribution < -0.4 is 4.90 Å². The van der Waals surface area contributed by atoms with Crippen molar-refractivity contribution in [2.45, 2.75) is 19.0 Å². The lowest BCUT2D eigenvalue weighted by molar-refractivity contribution is -0.130. The molecule has 1 N–H and O–H groups in total. The Hall–Kier alpha value is -2.51. The first-order valence-electron chi connectivity index (χ1n) is 6.57. The van der Waals surface area contributed by atoms with E-state index in [4.69, 9.17) is 5.11 Å². The molecule has 2 aromatic heterocycles. The van der Waals surface area contributed by atoms with Crippen LogP contribution in [-0.4, -0.2) is 49.9 Å². The topological polar surface area (TPSA) is 84.1 Å². The number of rotatable bonds is 3. The lowest BCUT2D eigenvalue weighted by Gasteiger charge is -2.29. The molecule has 3 rings (SSSR count). The van der Waals surface area contributed by atoms with Crippen molar-refractivity contribution in [2.24, 2.45) is 0 Å². The minimum absolute atomic E-state index is 0.135. The Morgan fingerprint density at radius 2 is 2.05 bits per heavy atom. The molecule has 3 heterocycles. The third-order valence-electron chi connectivity index (χ3n) is 3.58. The van der Waals surface area contributed by atoms with Crippen LogP contribution in [0.2, 0.25) is 0 Å². The van der Waals surface area contributed by atoms with E-state index in [2.05, 4.69) is 21.5 Å². The van der Waals surface area contributed by atoms with E-state index < -0.39 is 12.1 Å². The fourth-order valence-electron chi connectivity index (χ4n) is 2.41. The van der Waals surface area contributed by atoms with Crippen LogP contribution in [0.4, 0.5) is 10.2 Å². The zero-order valence-electron chi connectivity index (χ0n) is 11.2. The number of piperidine rings is 1. The number of hydrogen-bond acceptors (Lipinski definition) is 5. The van der Waals surface area contributed by atoms with Gasteiger partial charge in [-0.3, -0.25) is 4.57 Å². The van der Waals surface area contributed by atoms with E-state index in [1.165, 1.54) is 17.2 Å². The van der Waals surface area contributed by atoms with Crippen LogP contribution in [0, 0.1) is 0 Å². The molecule has 0 unspecified atom stereocenters. The van der Waals surface area contributed by atoms with E-state index >= 15 is 0 Å². The second-order valence-corrected chi connectivity index (χ2v) is 4.90. The number of fused-ring (bicyclic) bond motifs is 1. The van der Waals surface area contributed by atoms with E-state index in [1.54, 1.807) is 0 Å². The van der Waals surface area contributed by atoms with Crippen molar-refractivity contribution in [2.75, 3.05) is 18.0 Å². The number of aromatic nitrogens is 4. The van der Waals surface area contributed by atoms with Crippen molar-refractivity contribution in [1.82, 2.24) is 19.5 Å². The van der Waals surface area contributed by atoms with Gasteiger partial charge in [0.2, 0.25) is 0 Å². The maximum atomic E-state index is 13.2. The molecule has 8 heteroatoms. The molecular formula is C13H14FN5O2. The number of alkyl halides is 1. The third-order valence-corrected chi connectivity index (χ3v) is 3.58. The van der Waals surface area contributed by atoms with E-state index in [1.807, 2.05) is 4.90 Å². The van der Waals surface area contributed by atoms with E-state index in [9.17, 15) is 9.18 Å². The molecule has 110 valence electrons. The zero-order valence-corrected chi connectivity index (χ0v) is 11.2. The molecule has 0 aromatic carbocycles. The number of aliphatic carboxylic acids is 1. The second kappa shape index (κ2) is 5.12. The van der Waals surface area contributed by atoms with Crippen LogP contribution in [-0.2, 0) is 4.79 Å². The third kappa shape index (κ3) is 2.32. The van der Waals surface area contributed by atoms with Gasteiger partial charge in [-0.2, -0.15) is 0 Å². The number of carboxylic acids is 1. The molecule has 1 fully saturated rings. The summed E-state index contributed by atoms with van der Waals surface area (Å²) in [5.41, 5.74) is 0.747. The largest absolute Gasteiger partial charge is 0.477 e. The Bertz CT molecular complexity index is 706. The van der Waals surface area contributed by atoms with Crippen LogP contribution >= 0.6 is 0 Å². The summed E-state index contributed by atoms with van der Waals surface area (Å²) >= 11 is 0. The molecule has 2 aromatic rings. The predicted octanol–water partition coefficient (Wildman–Crippen LogP) is 1.32. The molecule has 7 nitrogen and oxygen atoms in total. The van der Waals surface area contributed by atoms with E-state index in [-0.39, 0.29) is 5.70 Å². The SMILES string of the molecule is C=C(C(=O)O)n1cnc2c(N3CCC(F)CC3)ncnc21. The van der Waals surface area contributed by atoms with Gasteiger partial charge >= 0.3 is 5.97 Å². The average Bonchev–Trinajstić information content (AvgIpc) is 2.91. The highest BCUT2D eigenvalue weighted by Gasteiger charge is 2.23. The minimum Gasteiger partial charge on any atom is -0.477 e. The molecule has 0 radical (unpaired) electrons. The van der Waals surface area contributed by atoms with Gasteiger partial charge in [0, 0.05) is 13.1 Å². The van der Waals surface area contributed by atoms with Crippen molar-refractivity contribution in [3.63, 3.8) is 0 Å². The lowest BCUT2D eigenvalue weighted by Crippen LogP contribution is -2.35. The number of imidazole rings is 1. The number of hydrogen-bond donors (Lipinski definition) is 1. The zero-order chi connectivity index (χ0) is 15.0. The molecule has 0 atom stereocenters. The molecule has 0 saturated carbocycles. The highest BCUT2D eigenvalue weighted by Crippen LogP contribution is 2.26. The number of halogens is 1. The van der Waals surface area contributed by atoms with Crippen molar-refractivity contribution >= 4 is 28.6 Å². The van der Waals surface area contributed by atoms with Gasteiger partial charge < -0.3 is 10.0 Å². The van der Waals surface area contributed by atoms with Crippen LogP contribution in [0.5, 0.6) is 0 Å². The Kier molecular flexibility index (Phi) is 3.28. The van der Waals surface area contributed by atoms with Gasteiger partial charge in [-0.05, 0) is 12.8 Å². The minimum atomic E-state index is -1.15. The van der Waals surface area contributed by atoms with E-state index in [0.29, 0.717) is 42.9 Å². The van der Waals surface area contributed by atoms with Gasteiger partial charge in [0.15, 0.2) is 17.0 Å². The maximum Gasteiger partial charge on any atom is 0.352 e. The molecular weight excluding hydrogens is 277 g/mol. The van der Waals surface area contributed by atoms with Crippen molar-refractivity contribution in [3.05, 3.63) is 19.2 Å². The molecule has 0 bridgehead atoms. The quantitative estimate of drug-likeness (QED) is 0.859. The number of carboxylic acid groups (broad SMARTS) is 1. The summed E-state index contributed by atoms with van der Waals surface area (Å²) in [5, 5.41) is 9.02. The van der Waals surface area contributed by atoms with Crippen LogP contribution in [0.3, 0.4) is 0 Å². The number of anilines is 1. The summed E-state index contributed by atoms with van der Waals surface area (Å²) in [6.45, 7) is 4.61. The summed E-state index contributed by atoms with van der Waals surface area (Å²) in [7, 11) is 0. The molecule has 1 aliphatic rings. The standard InChI is InChI=1S/C13H14FN5O2/c1-8(13(20)21)19-7-17-10-11(15-6-16-12(10)19)18-4-2-9(14)3-5-18/h6-7,9H,1-5H2,(H,20,21). The lowest BCUT2D eigenvalue weighted by atomic mass is 10.1. The fraction of sp³-hybridized carbons (Fsp3) is 0.385. The van der Waals surface area contributed by atoms with Gasteiger partial charge in [-0.1, -0.05) is 6.58 Å². The first-order valence-corrected chi connectivity index (χ1v) is 6.57. The first kappa shape index (κ1) is 13.5. The van der Waals surface area contributed by atoms with Crippen LogP contribution in [0.15, 0.2) is 19.2 Å². The molecule has 0 spiro atoms. The van der Waals surface area contributed by atoms with Gasteiger partial charge in [-0.25, -0.2) is 24.1 Å². The molecule has 1 aliphatic heterocycles. The van der Waals surface area contributed by atoms with Crippen molar-refractivity contribution in [1.29, 1.82) is 0 Å². The molecule has 1 saturated heterocycles. The highest BCUT2D eigenvalue weighted by atomic mass is 19.1. The van der Waals surface area contributed by atoms with Crippen molar-refractivity contribution in [3.8, 4) is 0 Å².